The van der Waals surface area contributed by atoms with Crippen LogP contribution in [0.15, 0.2) is 0 Å². The first-order chi connectivity index (χ1) is 13.7. The summed E-state index contributed by atoms with van der Waals surface area (Å²) in [6.45, 7) is 4.62. The average Bonchev–Trinajstić information content (AvgIpc) is 3.23. The normalized spacial score (nSPS) is 21.6. The number of aromatic nitrogens is 2. The summed E-state index contributed by atoms with van der Waals surface area (Å²) < 4.78 is 5.30. The van der Waals surface area contributed by atoms with Gasteiger partial charge in [-0.2, -0.15) is 0 Å². The van der Waals surface area contributed by atoms with E-state index in [1.54, 1.807) is 4.90 Å². The van der Waals surface area contributed by atoms with Crippen LogP contribution in [0.3, 0.4) is 0 Å². The average molecular weight is 409 g/mol. The maximum absolute atomic E-state index is 12.6. The minimum absolute atomic E-state index is 0.0459. The first kappa shape index (κ1) is 19.4. The summed E-state index contributed by atoms with van der Waals surface area (Å²) in [5.41, 5.74) is 0. The highest BCUT2D eigenvalue weighted by Crippen LogP contribution is 2.35. The number of ether oxygens (including phenoxy) is 1. The van der Waals surface area contributed by atoms with E-state index in [9.17, 15) is 9.59 Å². The Morgan fingerprint density at radius 2 is 1.54 bits per heavy atom. The van der Waals surface area contributed by atoms with Gasteiger partial charge in [0, 0.05) is 45.2 Å². The third-order valence-electron chi connectivity index (χ3n) is 5.73. The molecule has 28 heavy (non-hydrogen) atoms. The lowest BCUT2D eigenvalue weighted by molar-refractivity contribution is 0.0394. The molecule has 0 spiro atoms. The van der Waals surface area contributed by atoms with Gasteiger partial charge in [-0.1, -0.05) is 30.6 Å². The van der Waals surface area contributed by atoms with Crippen LogP contribution in [0.4, 0.5) is 14.7 Å². The van der Waals surface area contributed by atoms with Gasteiger partial charge >= 0.3 is 12.1 Å². The maximum Gasteiger partial charge on any atom is 0.323 e. The van der Waals surface area contributed by atoms with Crippen molar-refractivity contribution in [2.75, 3.05) is 57.8 Å². The Hall–Kier alpha value is -1.94. The predicted octanol–water partition coefficient (Wildman–Crippen LogP) is 2.19. The molecule has 1 aliphatic carbocycles. The molecule has 0 radical (unpaired) electrons. The third-order valence-corrected chi connectivity index (χ3v) is 6.73. The number of urea groups is 2. The van der Waals surface area contributed by atoms with Gasteiger partial charge in [-0.3, -0.25) is 5.32 Å². The summed E-state index contributed by atoms with van der Waals surface area (Å²) in [4.78, 5) is 30.5. The van der Waals surface area contributed by atoms with Gasteiger partial charge in [0.25, 0.3) is 0 Å². The smallest absolute Gasteiger partial charge is 0.323 e. The van der Waals surface area contributed by atoms with Crippen molar-refractivity contribution in [2.24, 2.45) is 0 Å². The van der Waals surface area contributed by atoms with Crippen LogP contribution in [0, 0.1) is 0 Å². The Labute approximate surface area is 169 Å². The van der Waals surface area contributed by atoms with Crippen molar-refractivity contribution in [3.8, 4) is 0 Å². The molecule has 10 heteroatoms. The Morgan fingerprint density at radius 3 is 2.25 bits per heavy atom. The second kappa shape index (κ2) is 9.04. The number of amides is 4. The Kier molecular flexibility index (Phi) is 6.26. The van der Waals surface area contributed by atoms with Crippen molar-refractivity contribution < 1.29 is 14.3 Å². The first-order valence-electron chi connectivity index (χ1n) is 10.2. The van der Waals surface area contributed by atoms with Crippen molar-refractivity contribution >= 4 is 28.5 Å². The summed E-state index contributed by atoms with van der Waals surface area (Å²) >= 11 is 1.49. The fraction of sp³-hybridized carbons (Fsp3) is 0.778. The van der Waals surface area contributed by atoms with Gasteiger partial charge in [-0.05, 0) is 12.8 Å². The molecule has 2 aliphatic heterocycles. The Bertz CT molecular complexity index is 679. The molecule has 154 valence electrons. The molecule has 3 aliphatic rings. The molecular weight excluding hydrogens is 380 g/mol. The van der Waals surface area contributed by atoms with Crippen molar-refractivity contribution in [3.05, 3.63) is 5.01 Å². The molecule has 4 rings (SSSR count). The standard InChI is InChI=1S/C18H28N6O3S/c25-17(19-16-21-20-15(28-16)14-4-2-1-3-5-14)22-6-8-23(9-7-22)18(26)24-10-12-27-13-11-24/h14H,1-13H2,(H,19,21,25). The number of carbonyl (C=O) groups excluding carboxylic acids is 2. The Morgan fingerprint density at radius 1 is 0.893 bits per heavy atom. The van der Waals surface area contributed by atoms with Crippen molar-refractivity contribution in [2.45, 2.75) is 38.0 Å². The lowest BCUT2D eigenvalue weighted by Gasteiger charge is -2.38. The van der Waals surface area contributed by atoms with Crippen LogP contribution in [-0.2, 0) is 4.74 Å². The molecule has 1 aromatic rings. The SMILES string of the molecule is O=C(Nc1nnc(C2CCCCC2)s1)N1CCN(C(=O)N2CCOCC2)CC1. The van der Waals surface area contributed by atoms with Crippen LogP contribution in [0.5, 0.6) is 0 Å². The number of hydrogen-bond acceptors (Lipinski definition) is 6. The lowest BCUT2D eigenvalue weighted by Crippen LogP contribution is -2.56. The van der Waals surface area contributed by atoms with E-state index in [1.165, 1.54) is 43.4 Å². The van der Waals surface area contributed by atoms with Crippen LogP contribution in [0.25, 0.3) is 0 Å². The number of morpholine rings is 1. The summed E-state index contributed by atoms with van der Waals surface area (Å²) in [6.07, 6.45) is 6.14. The molecule has 1 saturated carbocycles. The fourth-order valence-corrected chi connectivity index (χ4v) is 4.93. The maximum atomic E-state index is 12.6. The number of nitrogens with zero attached hydrogens (tertiary/aromatic N) is 5. The molecule has 3 heterocycles. The quantitative estimate of drug-likeness (QED) is 0.810. The van der Waals surface area contributed by atoms with E-state index < -0.39 is 0 Å². The van der Waals surface area contributed by atoms with E-state index >= 15 is 0 Å². The zero-order valence-electron chi connectivity index (χ0n) is 16.1. The predicted molar refractivity (Wildman–Crippen MR) is 106 cm³/mol. The second-order valence-electron chi connectivity index (χ2n) is 7.57. The van der Waals surface area contributed by atoms with Gasteiger partial charge in [-0.15, -0.1) is 10.2 Å². The zero-order chi connectivity index (χ0) is 19.3. The summed E-state index contributed by atoms with van der Waals surface area (Å²) in [5.74, 6) is 0.492. The largest absolute Gasteiger partial charge is 0.378 e. The van der Waals surface area contributed by atoms with Gasteiger partial charge in [-0.25, -0.2) is 9.59 Å². The van der Waals surface area contributed by atoms with E-state index in [0.717, 1.165) is 5.01 Å². The monoisotopic (exact) mass is 408 g/mol. The number of piperazine rings is 1. The van der Waals surface area contributed by atoms with Gasteiger partial charge in [0.05, 0.1) is 13.2 Å². The molecule has 0 aromatic carbocycles. The van der Waals surface area contributed by atoms with Gasteiger partial charge in [0.15, 0.2) is 0 Å². The number of rotatable bonds is 2. The van der Waals surface area contributed by atoms with Crippen LogP contribution in [0.1, 0.15) is 43.0 Å². The fourth-order valence-electron chi connectivity index (χ4n) is 4.03. The van der Waals surface area contributed by atoms with Crippen LogP contribution < -0.4 is 5.32 Å². The number of anilines is 1. The molecular formula is C18H28N6O3S. The van der Waals surface area contributed by atoms with E-state index in [0.29, 0.717) is 63.5 Å². The summed E-state index contributed by atoms with van der Waals surface area (Å²) in [5, 5.41) is 12.9. The molecule has 0 atom stereocenters. The van der Waals surface area contributed by atoms with Crippen LogP contribution in [-0.4, -0.2) is 89.4 Å². The van der Waals surface area contributed by atoms with Gasteiger partial charge in [0.1, 0.15) is 5.01 Å². The zero-order valence-corrected chi connectivity index (χ0v) is 17.0. The Balaban J connectivity index is 1.25. The number of carbonyl (C=O) groups is 2. The van der Waals surface area contributed by atoms with E-state index in [-0.39, 0.29) is 12.1 Å². The molecule has 1 N–H and O–H groups in total. The van der Waals surface area contributed by atoms with E-state index in [2.05, 4.69) is 15.5 Å². The van der Waals surface area contributed by atoms with Gasteiger partial charge in [0.2, 0.25) is 5.13 Å². The van der Waals surface area contributed by atoms with E-state index in [1.807, 2.05) is 9.80 Å². The first-order valence-corrected chi connectivity index (χ1v) is 11.0. The molecule has 1 aromatic heterocycles. The minimum Gasteiger partial charge on any atom is -0.378 e. The number of nitrogens with one attached hydrogen (secondary N) is 1. The highest BCUT2D eigenvalue weighted by Gasteiger charge is 2.28. The number of hydrogen-bond donors (Lipinski definition) is 1. The molecule has 4 amide bonds. The van der Waals surface area contributed by atoms with Crippen molar-refractivity contribution in [1.29, 1.82) is 0 Å². The lowest BCUT2D eigenvalue weighted by atomic mass is 9.90. The highest BCUT2D eigenvalue weighted by molar-refractivity contribution is 7.15. The molecule has 3 fully saturated rings. The van der Waals surface area contributed by atoms with Crippen LogP contribution in [0.2, 0.25) is 0 Å². The van der Waals surface area contributed by atoms with Crippen molar-refractivity contribution in [3.63, 3.8) is 0 Å². The molecule has 0 unspecified atom stereocenters. The topological polar surface area (TPSA) is 90.9 Å². The van der Waals surface area contributed by atoms with Gasteiger partial charge < -0.3 is 19.4 Å². The highest BCUT2D eigenvalue weighted by atomic mass is 32.1. The molecule has 0 bridgehead atoms. The third kappa shape index (κ3) is 4.54. The second-order valence-corrected chi connectivity index (χ2v) is 8.58. The minimum atomic E-state index is -0.162. The summed E-state index contributed by atoms with van der Waals surface area (Å²) in [6, 6.07) is -0.116. The molecule has 9 nitrogen and oxygen atoms in total. The molecule has 2 saturated heterocycles. The van der Waals surface area contributed by atoms with E-state index in [4.69, 9.17) is 4.74 Å². The van der Waals surface area contributed by atoms with Crippen molar-refractivity contribution in [1.82, 2.24) is 24.9 Å². The van der Waals surface area contributed by atoms with Crippen LogP contribution >= 0.6 is 11.3 Å². The summed E-state index contributed by atoms with van der Waals surface area (Å²) in [7, 11) is 0.